The van der Waals surface area contributed by atoms with E-state index in [-0.39, 0.29) is 0 Å². The molecule has 1 aliphatic rings. The van der Waals surface area contributed by atoms with Crippen LogP contribution in [0.2, 0.25) is 0 Å². The van der Waals surface area contributed by atoms with Crippen LogP contribution in [0.1, 0.15) is 17.1 Å². The molecule has 0 bridgehead atoms. The number of piperazine rings is 1. The van der Waals surface area contributed by atoms with Crippen molar-refractivity contribution in [2.45, 2.75) is 13.5 Å². The third-order valence-corrected chi connectivity index (χ3v) is 4.88. The zero-order valence-corrected chi connectivity index (χ0v) is 14.6. The summed E-state index contributed by atoms with van der Waals surface area (Å²) in [7, 11) is 0. The number of quaternary nitrogens is 1. The van der Waals surface area contributed by atoms with Gasteiger partial charge in [-0.1, -0.05) is 42.5 Å². The first-order valence-corrected chi connectivity index (χ1v) is 8.93. The molecule has 1 saturated heterocycles. The van der Waals surface area contributed by atoms with E-state index in [1.807, 2.05) is 25.3 Å². The van der Waals surface area contributed by atoms with Crippen molar-refractivity contribution in [1.29, 1.82) is 0 Å². The molecule has 25 heavy (non-hydrogen) atoms. The summed E-state index contributed by atoms with van der Waals surface area (Å²) < 4.78 is 5.53. The standard InChI is InChI=1S/C21H23N3O/c1-17-9-10-20(25-17)15-22-24-13-11-23(12-14-24)16-19-7-4-6-18-5-2-3-8-21(18)19/h2-10,15H,11-14,16H2,1H3/p+1. The summed E-state index contributed by atoms with van der Waals surface area (Å²) in [5, 5.41) is 9.41. The van der Waals surface area contributed by atoms with Gasteiger partial charge in [0.05, 0.1) is 32.4 Å². The molecule has 1 aromatic heterocycles. The zero-order chi connectivity index (χ0) is 17.1. The molecule has 0 unspecified atom stereocenters. The Morgan fingerprint density at radius 3 is 2.64 bits per heavy atom. The predicted octanol–water partition coefficient (Wildman–Crippen LogP) is 2.48. The summed E-state index contributed by atoms with van der Waals surface area (Å²) in [6, 6.07) is 19.2. The third kappa shape index (κ3) is 3.74. The highest BCUT2D eigenvalue weighted by atomic mass is 16.3. The lowest BCUT2D eigenvalue weighted by Gasteiger charge is -2.30. The van der Waals surface area contributed by atoms with Gasteiger partial charge in [0, 0.05) is 5.56 Å². The lowest BCUT2D eigenvalue weighted by Crippen LogP contribution is -3.13. The van der Waals surface area contributed by atoms with E-state index < -0.39 is 0 Å². The van der Waals surface area contributed by atoms with Crippen molar-refractivity contribution in [1.82, 2.24) is 5.01 Å². The average Bonchev–Trinajstić information content (AvgIpc) is 3.07. The SMILES string of the molecule is Cc1ccc(C=NN2CC[NH+](Cc3cccc4ccccc34)CC2)o1. The molecule has 0 amide bonds. The van der Waals surface area contributed by atoms with Gasteiger partial charge < -0.3 is 9.32 Å². The second kappa shape index (κ2) is 7.11. The quantitative estimate of drug-likeness (QED) is 0.744. The van der Waals surface area contributed by atoms with Gasteiger partial charge in [-0.2, -0.15) is 5.10 Å². The molecule has 3 aromatic rings. The van der Waals surface area contributed by atoms with Gasteiger partial charge in [-0.3, -0.25) is 5.01 Å². The molecule has 1 fully saturated rings. The molecule has 0 radical (unpaired) electrons. The molecule has 128 valence electrons. The van der Waals surface area contributed by atoms with Crippen LogP contribution >= 0.6 is 0 Å². The van der Waals surface area contributed by atoms with Crippen molar-refractivity contribution in [2.75, 3.05) is 26.2 Å². The fourth-order valence-corrected chi connectivity index (χ4v) is 3.48. The van der Waals surface area contributed by atoms with Crippen molar-refractivity contribution in [2.24, 2.45) is 5.10 Å². The smallest absolute Gasteiger partial charge is 0.147 e. The first kappa shape index (κ1) is 15.9. The molecule has 2 aromatic carbocycles. The Balaban J connectivity index is 1.36. The first-order chi connectivity index (χ1) is 12.3. The molecule has 0 atom stereocenters. The monoisotopic (exact) mass is 334 g/mol. The van der Waals surface area contributed by atoms with Crippen LogP contribution in [0, 0.1) is 6.92 Å². The van der Waals surface area contributed by atoms with Gasteiger partial charge in [-0.05, 0) is 29.8 Å². The van der Waals surface area contributed by atoms with Crippen molar-refractivity contribution >= 4 is 17.0 Å². The minimum Gasteiger partial charge on any atom is -0.460 e. The maximum absolute atomic E-state index is 5.53. The maximum atomic E-state index is 5.53. The Kier molecular flexibility index (Phi) is 4.53. The van der Waals surface area contributed by atoms with Crippen LogP contribution in [-0.2, 0) is 6.54 Å². The maximum Gasteiger partial charge on any atom is 0.147 e. The van der Waals surface area contributed by atoms with E-state index in [9.17, 15) is 0 Å². The lowest BCUT2D eigenvalue weighted by molar-refractivity contribution is -0.918. The number of benzene rings is 2. The summed E-state index contributed by atoms with van der Waals surface area (Å²) in [6.45, 7) is 7.21. The molecule has 0 saturated carbocycles. The highest BCUT2D eigenvalue weighted by Crippen LogP contribution is 2.17. The van der Waals surface area contributed by atoms with Gasteiger partial charge in [0.1, 0.15) is 18.1 Å². The van der Waals surface area contributed by atoms with Crippen molar-refractivity contribution in [3.05, 3.63) is 71.7 Å². The number of hydrogen-bond donors (Lipinski definition) is 1. The summed E-state index contributed by atoms with van der Waals surface area (Å²) in [6.07, 6.45) is 1.82. The Hall–Kier alpha value is -2.59. The Bertz CT molecular complexity index is 870. The minimum atomic E-state index is 0.822. The number of hydrazone groups is 1. The van der Waals surface area contributed by atoms with Crippen LogP contribution in [0.25, 0.3) is 10.8 Å². The van der Waals surface area contributed by atoms with Crippen LogP contribution < -0.4 is 4.90 Å². The Morgan fingerprint density at radius 2 is 1.84 bits per heavy atom. The molecular formula is C21H24N3O+. The van der Waals surface area contributed by atoms with Gasteiger partial charge in [0.25, 0.3) is 0 Å². The van der Waals surface area contributed by atoms with Gasteiger partial charge >= 0.3 is 0 Å². The number of aryl methyl sites for hydroxylation is 1. The lowest BCUT2D eigenvalue weighted by atomic mass is 10.0. The number of nitrogens with one attached hydrogen (secondary N) is 1. The van der Waals surface area contributed by atoms with E-state index in [0.29, 0.717) is 0 Å². The normalized spacial score (nSPS) is 16.1. The number of fused-ring (bicyclic) bond motifs is 1. The van der Waals surface area contributed by atoms with Crippen LogP contribution in [0.3, 0.4) is 0 Å². The molecular weight excluding hydrogens is 310 g/mol. The average molecular weight is 334 g/mol. The van der Waals surface area contributed by atoms with E-state index in [2.05, 4.69) is 52.6 Å². The van der Waals surface area contributed by atoms with E-state index in [4.69, 9.17) is 4.42 Å². The molecule has 4 heteroatoms. The molecule has 4 rings (SSSR count). The summed E-state index contributed by atoms with van der Waals surface area (Å²) in [4.78, 5) is 1.62. The highest BCUT2D eigenvalue weighted by Gasteiger charge is 2.19. The van der Waals surface area contributed by atoms with Crippen LogP contribution in [0.4, 0.5) is 0 Å². The molecule has 1 N–H and O–H groups in total. The van der Waals surface area contributed by atoms with Gasteiger partial charge in [0.15, 0.2) is 0 Å². The summed E-state index contributed by atoms with van der Waals surface area (Å²) in [5.41, 5.74) is 1.44. The van der Waals surface area contributed by atoms with E-state index in [0.717, 1.165) is 44.2 Å². The molecule has 0 spiro atoms. The topological polar surface area (TPSA) is 33.2 Å². The van der Waals surface area contributed by atoms with Crippen molar-refractivity contribution < 1.29 is 9.32 Å². The number of furan rings is 1. The van der Waals surface area contributed by atoms with Crippen LogP contribution in [0.15, 0.2) is 64.1 Å². The van der Waals surface area contributed by atoms with Gasteiger partial charge in [0.2, 0.25) is 0 Å². The first-order valence-electron chi connectivity index (χ1n) is 8.93. The zero-order valence-electron chi connectivity index (χ0n) is 14.6. The van der Waals surface area contributed by atoms with Gasteiger partial charge in [-0.15, -0.1) is 0 Å². The second-order valence-electron chi connectivity index (χ2n) is 6.71. The Labute approximate surface area is 148 Å². The highest BCUT2D eigenvalue weighted by molar-refractivity contribution is 5.85. The van der Waals surface area contributed by atoms with Crippen molar-refractivity contribution in [3.8, 4) is 0 Å². The fraction of sp³-hybridized carbons (Fsp3) is 0.286. The summed E-state index contributed by atoms with van der Waals surface area (Å²) in [5.74, 6) is 1.74. The van der Waals surface area contributed by atoms with E-state index in [1.165, 1.54) is 16.3 Å². The molecule has 0 aliphatic carbocycles. The van der Waals surface area contributed by atoms with Crippen molar-refractivity contribution in [3.63, 3.8) is 0 Å². The largest absolute Gasteiger partial charge is 0.460 e. The fourth-order valence-electron chi connectivity index (χ4n) is 3.48. The van der Waals surface area contributed by atoms with E-state index in [1.54, 1.807) is 4.90 Å². The number of rotatable bonds is 4. The molecule has 1 aliphatic heterocycles. The second-order valence-corrected chi connectivity index (χ2v) is 6.71. The predicted molar refractivity (Wildman–Crippen MR) is 101 cm³/mol. The number of nitrogens with zero attached hydrogens (tertiary/aromatic N) is 2. The van der Waals surface area contributed by atoms with Gasteiger partial charge in [-0.25, -0.2) is 0 Å². The van der Waals surface area contributed by atoms with E-state index >= 15 is 0 Å². The minimum absolute atomic E-state index is 0.822. The molecule has 2 heterocycles. The molecule has 4 nitrogen and oxygen atoms in total. The van der Waals surface area contributed by atoms with Crippen LogP contribution in [-0.4, -0.2) is 37.4 Å². The Morgan fingerprint density at radius 1 is 1.04 bits per heavy atom. The van der Waals surface area contributed by atoms with Crippen LogP contribution in [0.5, 0.6) is 0 Å². The summed E-state index contributed by atoms with van der Waals surface area (Å²) >= 11 is 0. The third-order valence-electron chi connectivity index (χ3n) is 4.88. The number of hydrogen-bond acceptors (Lipinski definition) is 3.